The Morgan fingerprint density at radius 1 is 1.12 bits per heavy atom. The Hall–Kier alpha value is -3.63. The summed E-state index contributed by atoms with van der Waals surface area (Å²) in [5.41, 5.74) is 2.99. The average molecular weight is 451 g/mol. The lowest BCUT2D eigenvalue weighted by molar-refractivity contribution is -0.121. The minimum Gasteiger partial charge on any atom is -0.452 e. The van der Waals surface area contributed by atoms with Crippen molar-refractivity contribution >= 4 is 29.2 Å². The SMILES string of the molecule is Cc1nn(Cc2ccccc2Cl)c(C)c1C(=O)OCC(=O)N(CCC#N)c1ccccc1. The van der Waals surface area contributed by atoms with Crippen LogP contribution in [-0.4, -0.2) is 34.8 Å². The number of hydrogen-bond donors (Lipinski definition) is 0. The summed E-state index contributed by atoms with van der Waals surface area (Å²) in [5, 5.41) is 14.0. The van der Waals surface area contributed by atoms with E-state index in [1.54, 1.807) is 48.9 Å². The molecule has 0 atom stereocenters. The van der Waals surface area contributed by atoms with Gasteiger partial charge in [-0.15, -0.1) is 0 Å². The molecular weight excluding hydrogens is 428 g/mol. The summed E-state index contributed by atoms with van der Waals surface area (Å²) in [4.78, 5) is 27.0. The predicted octanol–water partition coefficient (Wildman–Crippen LogP) is 4.31. The molecule has 0 unspecified atom stereocenters. The van der Waals surface area contributed by atoms with Crippen LogP contribution >= 0.6 is 11.6 Å². The second-order valence-corrected chi connectivity index (χ2v) is 7.57. The third kappa shape index (κ3) is 5.34. The maximum atomic E-state index is 12.8. The summed E-state index contributed by atoms with van der Waals surface area (Å²) in [5.74, 6) is -1.02. The summed E-state index contributed by atoms with van der Waals surface area (Å²) < 4.78 is 7.02. The van der Waals surface area contributed by atoms with Crippen molar-refractivity contribution in [1.29, 1.82) is 5.26 Å². The number of ether oxygens (including phenoxy) is 1. The Labute approximate surface area is 191 Å². The molecule has 0 aliphatic rings. The van der Waals surface area contributed by atoms with Crippen molar-refractivity contribution in [3.63, 3.8) is 0 Å². The number of nitriles is 1. The van der Waals surface area contributed by atoms with Crippen molar-refractivity contribution in [2.75, 3.05) is 18.1 Å². The van der Waals surface area contributed by atoms with Crippen molar-refractivity contribution in [3.8, 4) is 6.07 Å². The zero-order valence-electron chi connectivity index (χ0n) is 17.9. The Bertz CT molecular complexity index is 1150. The number of amides is 1. The van der Waals surface area contributed by atoms with E-state index in [1.807, 2.05) is 30.3 Å². The van der Waals surface area contributed by atoms with Crippen LogP contribution in [0.4, 0.5) is 5.69 Å². The van der Waals surface area contributed by atoms with Gasteiger partial charge < -0.3 is 9.64 Å². The van der Waals surface area contributed by atoms with Gasteiger partial charge >= 0.3 is 5.97 Å². The number of hydrogen-bond acceptors (Lipinski definition) is 5. The van der Waals surface area contributed by atoms with Gasteiger partial charge in [-0.05, 0) is 37.6 Å². The number of nitrogens with zero attached hydrogens (tertiary/aromatic N) is 4. The zero-order chi connectivity index (χ0) is 23.1. The second-order valence-electron chi connectivity index (χ2n) is 7.16. The molecule has 0 aliphatic heterocycles. The fourth-order valence-electron chi connectivity index (χ4n) is 3.38. The highest BCUT2D eigenvalue weighted by atomic mass is 35.5. The van der Waals surface area contributed by atoms with Crippen LogP contribution in [0.2, 0.25) is 5.02 Å². The number of benzene rings is 2. The van der Waals surface area contributed by atoms with E-state index < -0.39 is 18.5 Å². The van der Waals surface area contributed by atoms with Gasteiger partial charge in [-0.2, -0.15) is 10.4 Å². The van der Waals surface area contributed by atoms with Gasteiger partial charge in [-0.25, -0.2) is 4.79 Å². The van der Waals surface area contributed by atoms with E-state index in [9.17, 15) is 9.59 Å². The molecule has 3 rings (SSSR count). The Morgan fingerprint density at radius 2 is 1.81 bits per heavy atom. The first kappa shape index (κ1) is 23.0. The van der Waals surface area contributed by atoms with Gasteiger partial charge in [0.05, 0.1) is 30.4 Å². The van der Waals surface area contributed by atoms with Crippen LogP contribution in [0.15, 0.2) is 54.6 Å². The third-order valence-electron chi connectivity index (χ3n) is 5.01. The quantitative estimate of drug-likeness (QED) is 0.477. The van der Waals surface area contributed by atoms with Gasteiger partial charge in [0.25, 0.3) is 5.91 Å². The molecule has 0 spiro atoms. The lowest BCUT2D eigenvalue weighted by atomic mass is 10.2. The highest BCUT2D eigenvalue weighted by molar-refractivity contribution is 6.31. The molecule has 164 valence electrons. The monoisotopic (exact) mass is 450 g/mol. The first-order valence-corrected chi connectivity index (χ1v) is 10.5. The molecule has 0 N–H and O–H groups in total. The average Bonchev–Trinajstić information content (AvgIpc) is 3.07. The minimum absolute atomic E-state index is 0.168. The topological polar surface area (TPSA) is 88.2 Å². The van der Waals surface area contributed by atoms with Crippen molar-refractivity contribution in [2.24, 2.45) is 0 Å². The first-order valence-electron chi connectivity index (χ1n) is 10.1. The summed E-state index contributed by atoms with van der Waals surface area (Å²) in [6, 6.07) is 18.4. The fourth-order valence-corrected chi connectivity index (χ4v) is 3.57. The molecule has 0 saturated heterocycles. The normalized spacial score (nSPS) is 10.4. The van der Waals surface area contributed by atoms with Crippen molar-refractivity contribution in [1.82, 2.24) is 9.78 Å². The lowest BCUT2D eigenvalue weighted by Gasteiger charge is -2.21. The van der Waals surface area contributed by atoms with Crippen LogP contribution in [-0.2, 0) is 16.1 Å². The molecule has 1 aromatic heterocycles. The molecule has 0 bridgehead atoms. The van der Waals surface area contributed by atoms with Crippen molar-refractivity contribution in [2.45, 2.75) is 26.8 Å². The molecule has 1 amide bonds. The highest BCUT2D eigenvalue weighted by Gasteiger charge is 2.23. The van der Waals surface area contributed by atoms with Crippen LogP contribution in [0.3, 0.4) is 0 Å². The number of anilines is 1. The number of halogens is 1. The van der Waals surface area contributed by atoms with Crippen LogP contribution in [0.1, 0.15) is 33.7 Å². The van der Waals surface area contributed by atoms with Crippen LogP contribution in [0.25, 0.3) is 0 Å². The standard InChI is InChI=1S/C24H23ClN4O3/c1-17-23(18(2)29(27-17)15-19-9-6-7-12-21(19)25)24(31)32-16-22(30)28(14-8-13-26)20-10-4-3-5-11-20/h3-7,9-12H,8,14-16H2,1-2H3. The largest absolute Gasteiger partial charge is 0.452 e. The molecule has 1 heterocycles. The predicted molar refractivity (Wildman–Crippen MR) is 122 cm³/mol. The fraction of sp³-hybridized carbons (Fsp3) is 0.250. The van der Waals surface area contributed by atoms with Gasteiger partial charge in [-0.1, -0.05) is 48.0 Å². The molecule has 7 nitrogen and oxygen atoms in total. The highest BCUT2D eigenvalue weighted by Crippen LogP contribution is 2.20. The number of aryl methyl sites for hydroxylation is 1. The lowest BCUT2D eigenvalue weighted by Crippen LogP contribution is -2.35. The van der Waals surface area contributed by atoms with Crippen LogP contribution < -0.4 is 4.90 Å². The maximum Gasteiger partial charge on any atom is 0.342 e. The van der Waals surface area contributed by atoms with E-state index in [0.717, 1.165) is 5.56 Å². The first-order chi connectivity index (χ1) is 15.4. The molecule has 0 radical (unpaired) electrons. The molecule has 2 aromatic carbocycles. The van der Waals surface area contributed by atoms with Crippen LogP contribution in [0.5, 0.6) is 0 Å². The number of esters is 1. The number of carbonyl (C=O) groups excluding carboxylic acids is 2. The van der Waals surface area contributed by atoms with Gasteiger partial charge in [-0.3, -0.25) is 9.48 Å². The number of aromatic nitrogens is 2. The van der Waals surface area contributed by atoms with E-state index in [1.165, 1.54) is 4.90 Å². The Balaban J connectivity index is 1.71. The van der Waals surface area contributed by atoms with Crippen molar-refractivity contribution in [3.05, 3.63) is 82.1 Å². The minimum atomic E-state index is -0.618. The van der Waals surface area contributed by atoms with Gasteiger partial charge in [0.15, 0.2) is 6.61 Å². The second kappa shape index (κ2) is 10.6. The summed E-state index contributed by atoms with van der Waals surface area (Å²) >= 11 is 6.24. The third-order valence-corrected chi connectivity index (χ3v) is 5.38. The van der Waals surface area contributed by atoms with E-state index in [0.29, 0.717) is 34.2 Å². The Kier molecular flexibility index (Phi) is 7.63. The van der Waals surface area contributed by atoms with Gasteiger partial charge in [0.1, 0.15) is 5.56 Å². The molecule has 8 heteroatoms. The smallest absolute Gasteiger partial charge is 0.342 e. The molecule has 3 aromatic rings. The van der Waals surface area contributed by atoms with E-state index in [-0.39, 0.29) is 13.0 Å². The van der Waals surface area contributed by atoms with E-state index >= 15 is 0 Å². The number of rotatable bonds is 8. The van der Waals surface area contributed by atoms with Crippen molar-refractivity contribution < 1.29 is 14.3 Å². The van der Waals surface area contributed by atoms with E-state index in [4.69, 9.17) is 21.6 Å². The number of para-hydroxylation sites is 1. The molecule has 0 saturated carbocycles. The molecule has 0 aliphatic carbocycles. The molecular formula is C24H23ClN4O3. The van der Waals surface area contributed by atoms with Crippen LogP contribution in [0, 0.1) is 25.2 Å². The molecule has 0 fully saturated rings. The summed E-state index contributed by atoms with van der Waals surface area (Å²) in [6.07, 6.45) is 0.168. The maximum absolute atomic E-state index is 12.8. The van der Waals surface area contributed by atoms with E-state index in [2.05, 4.69) is 5.10 Å². The summed E-state index contributed by atoms with van der Waals surface area (Å²) in [7, 11) is 0. The van der Waals surface area contributed by atoms with Gasteiger partial charge in [0, 0.05) is 17.3 Å². The molecule has 32 heavy (non-hydrogen) atoms. The summed E-state index contributed by atoms with van der Waals surface area (Å²) in [6.45, 7) is 3.68. The Morgan fingerprint density at radius 3 is 2.50 bits per heavy atom. The number of carbonyl (C=O) groups is 2. The van der Waals surface area contributed by atoms with Gasteiger partial charge in [0.2, 0.25) is 0 Å². The zero-order valence-corrected chi connectivity index (χ0v) is 18.7.